The van der Waals surface area contributed by atoms with Gasteiger partial charge in [0.05, 0.1) is 13.2 Å². The average Bonchev–Trinajstić information content (AvgIpc) is 2.85. The van der Waals surface area contributed by atoms with Gasteiger partial charge in [0.1, 0.15) is 6.10 Å². The maximum atomic E-state index is 12.2. The van der Waals surface area contributed by atoms with Gasteiger partial charge in [-0.25, -0.2) is 4.57 Å². The van der Waals surface area contributed by atoms with E-state index in [1.807, 2.05) is 0 Å². The fourth-order valence-corrected chi connectivity index (χ4v) is 4.48. The summed E-state index contributed by atoms with van der Waals surface area (Å²) in [7, 11) is -4.63. The van der Waals surface area contributed by atoms with Gasteiger partial charge >= 0.3 is 13.8 Å². The van der Waals surface area contributed by atoms with E-state index in [9.17, 15) is 14.2 Å². The number of hydrogen-bond acceptors (Lipinski definition) is 7. The van der Waals surface area contributed by atoms with Crippen LogP contribution in [0, 0.1) is 0 Å². The van der Waals surface area contributed by atoms with Gasteiger partial charge in [-0.15, -0.1) is 0 Å². The molecule has 0 unspecified atom stereocenters. The summed E-state index contributed by atoms with van der Waals surface area (Å²) in [6.45, 7) is 3.89. The highest BCUT2D eigenvalue weighted by Gasteiger charge is 2.21. The summed E-state index contributed by atoms with van der Waals surface area (Å²) in [6.07, 6.45) is 20.1. The third-order valence-electron chi connectivity index (χ3n) is 6.27. The number of unbranched alkanes of at least 4 members (excludes halogenated alkanes) is 16. The molecule has 0 rings (SSSR count). The lowest BCUT2D eigenvalue weighted by molar-refractivity contribution is -0.150. The van der Waals surface area contributed by atoms with Crippen molar-refractivity contribution in [2.75, 3.05) is 26.3 Å². The lowest BCUT2D eigenvalue weighted by Gasteiger charge is -2.19. The van der Waals surface area contributed by atoms with Gasteiger partial charge in [0.2, 0.25) is 0 Å². The molecule has 0 aliphatic rings. The molecule has 0 aliphatic carbocycles. The number of esters is 1. The van der Waals surface area contributed by atoms with Crippen LogP contribution in [0.25, 0.3) is 0 Å². The first-order chi connectivity index (χ1) is 17.9. The zero-order valence-electron chi connectivity index (χ0n) is 23.2. The van der Waals surface area contributed by atoms with E-state index in [2.05, 4.69) is 21.5 Å². The minimum atomic E-state index is -4.63. The Labute approximate surface area is 225 Å². The summed E-state index contributed by atoms with van der Waals surface area (Å²) in [4.78, 5) is 40.3. The molecule has 9 nitrogen and oxygen atoms in total. The van der Waals surface area contributed by atoms with Crippen LogP contribution in [-0.2, 0) is 28.2 Å². The fraction of sp³-hybridized carbons (Fsp3) is 0.926. The Kier molecular flexibility index (Phi) is 25.9. The third-order valence-corrected chi connectivity index (χ3v) is 6.75. The quantitative estimate of drug-likeness (QED) is 0.0430. The topological polar surface area (TPSA) is 131 Å². The second-order valence-electron chi connectivity index (χ2n) is 9.83. The van der Waals surface area contributed by atoms with E-state index < -0.39 is 13.9 Å². The Morgan fingerprint density at radius 1 is 0.811 bits per heavy atom. The van der Waals surface area contributed by atoms with Crippen molar-refractivity contribution in [3.8, 4) is 0 Å². The molecule has 0 radical (unpaired) electrons. The number of phosphoric ester groups is 1. The molecule has 0 aromatic heterocycles. The van der Waals surface area contributed by atoms with E-state index in [0.29, 0.717) is 26.0 Å². The summed E-state index contributed by atoms with van der Waals surface area (Å²) >= 11 is 0. The van der Waals surface area contributed by atoms with Crippen LogP contribution in [0.1, 0.15) is 129 Å². The molecular formula is C27H54NO8P. The van der Waals surface area contributed by atoms with Gasteiger partial charge < -0.3 is 24.6 Å². The maximum absolute atomic E-state index is 12.2. The van der Waals surface area contributed by atoms with Crippen molar-refractivity contribution in [3.05, 3.63) is 0 Å². The molecule has 0 aromatic rings. The maximum Gasteiger partial charge on any atom is 0.469 e. The normalized spacial score (nSPS) is 12.4. The average molecular weight is 552 g/mol. The first-order valence-corrected chi connectivity index (χ1v) is 16.1. The van der Waals surface area contributed by atoms with Crippen LogP contribution in [-0.4, -0.2) is 54.6 Å². The van der Waals surface area contributed by atoms with Crippen LogP contribution < -0.4 is 5.32 Å². The molecule has 0 spiro atoms. The summed E-state index contributed by atoms with van der Waals surface area (Å²) in [5, 5.41) is 3.20. The van der Waals surface area contributed by atoms with Crippen LogP contribution in [0.3, 0.4) is 0 Å². The minimum Gasteiger partial charge on any atom is -0.468 e. The van der Waals surface area contributed by atoms with E-state index in [0.717, 1.165) is 70.8 Å². The first-order valence-electron chi connectivity index (χ1n) is 14.5. The van der Waals surface area contributed by atoms with Gasteiger partial charge in [0.15, 0.2) is 0 Å². The van der Waals surface area contributed by atoms with E-state index in [1.54, 1.807) is 0 Å². The molecule has 0 heterocycles. The molecule has 10 heteroatoms. The Morgan fingerprint density at radius 3 is 1.86 bits per heavy atom. The first kappa shape index (κ1) is 36.0. The molecular weight excluding hydrogens is 497 g/mol. The number of rotatable bonds is 29. The smallest absolute Gasteiger partial charge is 0.468 e. The Balaban J connectivity index is 3.89. The largest absolute Gasteiger partial charge is 0.469 e. The third kappa shape index (κ3) is 29.4. The molecule has 0 aromatic carbocycles. The van der Waals surface area contributed by atoms with Crippen molar-refractivity contribution in [3.63, 3.8) is 0 Å². The molecule has 1 atom stereocenters. The van der Waals surface area contributed by atoms with Crippen LogP contribution >= 0.6 is 7.82 Å². The highest BCUT2D eigenvalue weighted by atomic mass is 31.2. The molecule has 0 saturated carbocycles. The highest BCUT2D eigenvalue weighted by Crippen LogP contribution is 2.35. The molecule has 0 amide bonds. The van der Waals surface area contributed by atoms with E-state index in [4.69, 9.17) is 14.5 Å². The predicted molar refractivity (Wildman–Crippen MR) is 146 cm³/mol. The summed E-state index contributed by atoms with van der Waals surface area (Å²) in [5.74, 6) is -0.351. The van der Waals surface area contributed by atoms with Crippen molar-refractivity contribution in [1.29, 1.82) is 0 Å². The molecule has 0 fully saturated rings. The molecule has 220 valence electrons. The van der Waals surface area contributed by atoms with Crippen LogP contribution in [0.15, 0.2) is 0 Å². The van der Waals surface area contributed by atoms with Crippen molar-refractivity contribution < 1.29 is 37.9 Å². The zero-order valence-corrected chi connectivity index (χ0v) is 24.1. The van der Waals surface area contributed by atoms with Gasteiger partial charge in [0.25, 0.3) is 6.47 Å². The van der Waals surface area contributed by atoms with Gasteiger partial charge in [-0.3, -0.25) is 14.1 Å². The molecule has 0 bridgehead atoms. The number of hydrogen-bond donors (Lipinski definition) is 3. The molecule has 37 heavy (non-hydrogen) atoms. The van der Waals surface area contributed by atoms with Gasteiger partial charge in [-0.05, 0) is 25.8 Å². The van der Waals surface area contributed by atoms with Crippen LogP contribution in [0.2, 0.25) is 0 Å². The second kappa shape index (κ2) is 26.6. The van der Waals surface area contributed by atoms with E-state index in [1.165, 1.54) is 51.4 Å². The van der Waals surface area contributed by atoms with Crippen LogP contribution in [0.4, 0.5) is 0 Å². The SMILES string of the molecule is CCCCCCCCCCCCCC(=O)O[C@@H](CNCCCCCCCCCOC=O)COP(=O)(O)O. The summed E-state index contributed by atoms with van der Waals surface area (Å²) in [6, 6.07) is 0. The highest BCUT2D eigenvalue weighted by molar-refractivity contribution is 7.46. The lowest BCUT2D eigenvalue weighted by atomic mass is 10.1. The standard InChI is InChI=1S/C27H54NO8P/c1-2-3-4-5-6-7-8-9-11-14-17-20-27(30)36-26(24-35-37(31,32)33)23-28-21-18-15-12-10-13-16-19-22-34-25-29/h25-26,28H,2-24H2,1H3,(H2,31,32,33)/t26-/m0/s1. The summed E-state index contributed by atoms with van der Waals surface area (Å²) < 4.78 is 25.8. The fourth-order valence-electron chi connectivity index (χ4n) is 4.12. The summed E-state index contributed by atoms with van der Waals surface area (Å²) in [5.41, 5.74) is 0. The van der Waals surface area contributed by atoms with Gasteiger partial charge in [0, 0.05) is 13.0 Å². The molecule has 0 aliphatic heterocycles. The number of carbonyl (C=O) groups excluding carboxylic acids is 2. The number of phosphoric acid groups is 1. The Bertz CT molecular complexity index is 573. The minimum absolute atomic E-state index is 0.292. The monoisotopic (exact) mass is 551 g/mol. The zero-order chi connectivity index (χ0) is 27.5. The van der Waals surface area contributed by atoms with Crippen LogP contribution in [0.5, 0.6) is 0 Å². The Hall–Kier alpha value is -0.990. The van der Waals surface area contributed by atoms with Gasteiger partial charge in [-0.1, -0.05) is 103 Å². The Morgan fingerprint density at radius 2 is 1.32 bits per heavy atom. The van der Waals surface area contributed by atoms with Crippen molar-refractivity contribution in [2.45, 2.75) is 135 Å². The lowest BCUT2D eigenvalue weighted by Crippen LogP contribution is -2.35. The van der Waals surface area contributed by atoms with Crippen molar-refractivity contribution in [1.82, 2.24) is 5.32 Å². The molecule has 0 saturated heterocycles. The van der Waals surface area contributed by atoms with Gasteiger partial charge in [-0.2, -0.15) is 0 Å². The predicted octanol–water partition coefficient (Wildman–Crippen LogP) is 6.20. The number of ether oxygens (including phenoxy) is 2. The molecule has 3 N–H and O–H groups in total. The van der Waals surface area contributed by atoms with Crippen molar-refractivity contribution >= 4 is 20.3 Å². The number of carbonyl (C=O) groups is 2. The van der Waals surface area contributed by atoms with E-state index in [-0.39, 0.29) is 12.6 Å². The van der Waals surface area contributed by atoms with Crippen molar-refractivity contribution in [2.24, 2.45) is 0 Å². The number of nitrogens with one attached hydrogen (secondary N) is 1. The second-order valence-corrected chi connectivity index (χ2v) is 11.1. The van der Waals surface area contributed by atoms with E-state index >= 15 is 0 Å².